The van der Waals surface area contributed by atoms with E-state index in [-0.39, 0.29) is 6.03 Å². The van der Waals surface area contributed by atoms with Gasteiger partial charge in [0, 0.05) is 11.9 Å². The molecule has 0 saturated carbocycles. The van der Waals surface area contributed by atoms with E-state index in [2.05, 4.69) is 17.4 Å². The summed E-state index contributed by atoms with van der Waals surface area (Å²) in [7, 11) is 1.65. The van der Waals surface area contributed by atoms with Gasteiger partial charge in [0.2, 0.25) is 0 Å². The zero-order valence-corrected chi connectivity index (χ0v) is 15.5. The number of hydrogen-bond acceptors (Lipinski definition) is 3. The Labute approximate surface area is 158 Å². The molecule has 2 aromatic carbocycles. The zero-order chi connectivity index (χ0) is 18.2. The average molecular weight is 366 g/mol. The van der Waals surface area contributed by atoms with Gasteiger partial charge in [-0.3, -0.25) is 0 Å². The van der Waals surface area contributed by atoms with Crippen molar-refractivity contribution in [2.45, 2.75) is 6.54 Å². The number of carbonyl (C=O) groups is 1. The van der Waals surface area contributed by atoms with Crippen molar-refractivity contribution in [3.63, 3.8) is 0 Å². The number of urea groups is 1. The molecule has 1 heterocycles. The summed E-state index contributed by atoms with van der Waals surface area (Å²) >= 11 is 1.65. The Bertz CT molecular complexity index is 802. The second kappa shape index (κ2) is 9.06. The zero-order valence-electron chi connectivity index (χ0n) is 14.7. The smallest absolute Gasteiger partial charge is 0.317 e. The van der Waals surface area contributed by atoms with E-state index < -0.39 is 0 Å². The van der Waals surface area contributed by atoms with Gasteiger partial charge in [-0.25, -0.2) is 4.79 Å². The van der Waals surface area contributed by atoms with Crippen molar-refractivity contribution in [3.8, 4) is 16.9 Å². The summed E-state index contributed by atoms with van der Waals surface area (Å²) in [6, 6.07) is 22.2. The molecule has 0 bridgehead atoms. The molecule has 2 amide bonds. The van der Waals surface area contributed by atoms with Crippen molar-refractivity contribution in [1.82, 2.24) is 10.2 Å². The molecule has 0 spiro atoms. The number of nitrogens with one attached hydrogen (secondary N) is 1. The van der Waals surface area contributed by atoms with Crippen LogP contribution in [0.3, 0.4) is 0 Å². The largest absolute Gasteiger partial charge is 0.492 e. The number of thiophene rings is 1. The molecular formula is C21H22N2O2S. The van der Waals surface area contributed by atoms with Gasteiger partial charge in [-0.15, -0.1) is 11.3 Å². The van der Waals surface area contributed by atoms with Gasteiger partial charge in [0.25, 0.3) is 0 Å². The fourth-order valence-corrected chi connectivity index (χ4v) is 3.37. The quantitative estimate of drug-likeness (QED) is 0.662. The van der Waals surface area contributed by atoms with Crippen LogP contribution in [-0.2, 0) is 6.54 Å². The molecule has 0 radical (unpaired) electrons. The molecule has 134 valence electrons. The molecule has 26 heavy (non-hydrogen) atoms. The summed E-state index contributed by atoms with van der Waals surface area (Å²) in [4.78, 5) is 15.0. The second-order valence-corrected chi connectivity index (χ2v) is 6.83. The molecule has 0 aliphatic heterocycles. The van der Waals surface area contributed by atoms with Crippen LogP contribution in [0.1, 0.15) is 4.88 Å². The molecule has 0 aliphatic carbocycles. The van der Waals surface area contributed by atoms with Gasteiger partial charge in [-0.05, 0) is 34.7 Å². The lowest BCUT2D eigenvalue weighted by molar-refractivity contribution is 0.182. The van der Waals surface area contributed by atoms with Crippen LogP contribution in [0.15, 0.2) is 72.1 Å². The highest BCUT2D eigenvalue weighted by Gasteiger charge is 2.13. The van der Waals surface area contributed by atoms with Gasteiger partial charge >= 0.3 is 6.03 Å². The van der Waals surface area contributed by atoms with Crippen molar-refractivity contribution < 1.29 is 9.53 Å². The monoisotopic (exact) mass is 366 g/mol. The van der Waals surface area contributed by atoms with Crippen LogP contribution >= 0.6 is 11.3 Å². The van der Waals surface area contributed by atoms with Crippen molar-refractivity contribution in [3.05, 3.63) is 77.0 Å². The first-order valence-electron chi connectivity index (χ1n) is 8.53. The summed E-state index contributed by atoms with van der Waals surface area (Å²) in [6.45, 7) is 1.56. The molecule has 5 heteroatoms. The molecule has 3 rings (SSSR count). The summed E-state index contributed by atoms with van der Waals surface area (Å²) in [5.74, 6) is 0.803. The molecule has 0 aliphatic rings. The fraction of sp³-hybridized carbons (Fsp3) is 0.190. The third-order valence-corrected chi connectivity index (χ3v) is 4.88. The minimum atomic E-state index is -0.0959. The van der Waals surface area contributed by atoms with Gasteiger partial charge in [-0.1, -0.05) is 48.5 Å². The van der Waals surface area contributed by atoms with Crippen molar-refractivity contribution in [2.24, 2.45) is 0 Å². The van der Waals surface area contributed by atoms with E-state index in [1.165, 1.54) is 5.56 Å². The summed E-state index contributed by atoms with van der Waals surface area (Å²) < 4.78 is 5.82. The molecule has 0 fully saturated rings. The van der Waals surface area contributed by atoms with E-state index in [9.17, 15) is 4.79 Å². The lowest BCUT2D eigenvalue weighted by Crippen LogP contribution is -2.39. The van der Waals surface area contributed by atoms with Gasteiger partial charge < -0.3 is 15.0 Å². The van der Waals surface area contributed by atoms with E-state index >= 15 is 0 Å². The fourth-order valence-electron chi connectivity index (χ4n) is 2.65. The third-order valence-electron chi connectivity index (χ3n) is 4.02. The first-order chi connectivity index (χ1) is 12.8. The number of amides is 2. The summed E-state index contributed by atoms with van der Waals surface area (Å²) in [6.07, 6.45) is 0. The number of nitrogens with zero attached hydrogens (tertiary/aromatic N) is 1. The molecule has 3 aromatic rings. The van der Waals surface area contributed by atoms with Gasteiger partial charge in [0.15, 0.2) is 0 Å². The predicted octanol–water partition coefficient (Wildman–Crippen LogP) is 4.64. The maximum absolute atomic E-state index is 12.0. The molecular weight excluding hydrogens is 344 g/mol. The Morgan fingerprint density at radius 2 is 1.73 bits per heavy atom. The standard InChI is InChI=1S/C21H22N2O2S/c1-22-21(24)23(16-20-8-5-15-26-20)13-14-25-19-11-9-18(10-12-19)17-6-3-2-4-7-17/h2-12,15H,13-14,16H2,1H3,(H,22,24). The molecule has 1 aromatic heterocycles. The SMILES string of the molecule is CNC(=O)N(CCOc1ccc(-c2ccccc2)cc1)Cc1cccs1. The van der Waals surface area contributed by atoms with E-state index in [1.54, 1.807) is 23.3 Å². The van der Waals surface area contributed by atoms with E-state index in [1.807, 2.05) is 60.0 Å². The van der Waals surface area contributed by atoms with Crippen LogP contribution in [0.25, 0.3) is 11.1 Å². The number of ether oxygens (including phenoxy) is 1. The molecule has 0 saturated heterocycles. The van der Waals surface area contributed by atoms with Crippen LogP contribution in [0.4, 0.5) is 4.79 Å². The van der Waals surface area contributed by atoms with Crippen LogP contribution < -0.4 is 10.1 Å². The van der Waals surface area contributed by atoms with Gasteiger partial charge in [-0.2, -0.15) is 0 Å². The maximum atomic E-state index is 12.0. The molecule has 0 unspecified atom stereocenters. The van der Waals surface area contributed by atoms with E-state index in [0.717, 1.165) is 16.2 Å². The Morgan fingerprint density at radius 1 is 1.00 bits per heavy atom. The van der Waals surface area contributed by atoms with Gasteiger partial charge in [0.05, 0.1) is 13.1 Å². The van der Waals surface area contributed by atoms with Crippen molar-refractivity contribution in [1.29, 1.82) is 0 Å². The van der Waals surface area contributed by atoms with Crippen molar-refractivity contribution in [2.75, 3.05) is 20.2 Å². The topological polar surface area (TPSA) is 41.6 Å². The van der Waals surface area contributed by atoms with E-state index in [0.29, 0.717) is 19.7 Å². The number of benzene rings is 2. The Kier molecular flexibility index (Phi) is 6.28. The highest BCUT2D eigenvalue weighted by molar-refractivity contribution is 7.09. The average Bonchev–Trinajstić information content (AvgIpc) is 3.21. The highest BCUT2D eigenvalue weighted by Crippen LogP contribution is 2.22. The molecule has 4 nitrogen and oxygen atoms in total. The van der Waals surface area contributed by atoms with E-state index in [4.69, 9.17) is 4.74 Å². The lowest BCUT2D eigenvalue weighted by atomic mass is 10.1. The number of rotatable bonds is 7. The Balaban J connectivity index is 1.54. The van der Waals surface area contributed by atoms with Crippen LogP contribution in [-0.4, -0.2) is 31.1 Å². The summed E-state index contributed by atoms with van der Waals surface area (Å²) in [5, 5.41) is 4.70. The lowest BCUT2D eigenvalue weighted by Gasteiger charge is -2.21. The van der Waals surface area contributed by atoms with Crippen LogP contribution in [0.5, 0.6) is 5.75 Å². The number of hydrogen-bond donors (Lipinski definition) is 1. The van der Waals surface area contributed by atoms with Crippen molar-refractivity contribution >= 4 is 17.4 Å². The molecule has 1 N–H and O–H groups in total. The maximum Gasteiger partial charge on any atom is 0.317 e. The minimum Gasteiger partial charge on any atom is -0.492 e. The first-order valence-corrected chi connectivity index (χ1v) is 9.41. The van der Waals surface area contributed by atoms with Gasteiger partial charge in [0.1, 0.15) is 12.4 Å². The normalized spacial score (nSPS) is 10.3. The Hall–Kier alpha value is -2.79. The highest BCUT2D eigenvalue weighted by atomic mass is 32.1. The number of carbonyl (C=O) groups excluding carboxylic acids is 1. The van der Waals surface area contributed by atoms with Crippen LogP contribution in [0.2, 0.25) is 0 Å². The minimum absolute atomic E-state index is 0.0959. The van der Waals surface area contributed by atoms with Crippen LogP contribution in [0, 0.1) is 0 Å². The summed E-state index contributed by atoms with van der Waals surface area (Å²) in [5.41, 5.74) is 2.34. The first kappa shape index (κ1) is 18.0. The molecule has 0 atom stereocenters. The second-order valence-electron chi connectivity index (χ2n) is 5.79. The third kappa shape index (κ3) is 4.86. The predicted molar refractivity (Wildman–Crippen MR) is 107 cm³/mol. The Morgan fingerprint density at radius 3 is 2.38 bits per heavy atom.